The highest BCUT2D eigenvalue weighted by atomic mass is 32.2. The first kappa shape index (κ1) is 22.5. The predicted molar refractivity (Wildman–Crippen MR) is 118 cm³/mol. The van der Waals surface area contributed by atoms with E-state index in [0.717, 1.165) is 5.56 Å². The highest BCUT2D eigenvalue weighted by Crippen LogP contribution is 2.15. The number of ketones is 1. The molecule has 0 amide bonds. The fourth-order valence-electron chi connectivity index (χ4n) is 2.89. The van der Waals surface area contributed by atoms with Crippen molar-refractivity contribution in [3.63, 3.8) is 0 Å². The fourth-order valence-corrected chi connectivity index (χ4v) is 3.40. The van der Waals surface area contributed by atoms with E-state index < -0.39 is 10.0 Å². The molecule has 9 nitrogen and oxygen atoms in total. The summed E-state index contributed by atoms with van der Waals surface area (Å²) >= 11 is 0. The zero-order valence-electron chi connectivity index (χ0n) is 17.0. The number of methoxy groups -OCH3 is 1. The maximum atomic E-state index is 12.9. The SMILES string of the molecule is COc1cccc(/C=C/C(=O)/C(=N/Nc2ccc(S(N)(=O)=O)cc2)N2CCOCC2)c1. The minimum absolute atomic E-state index is 0.00673. The van der Waals surface area contributed by atoms with Crippen LogP contribution < -0.4 is 15.3 Å². The number of morpholine rings is 1. The number of nitrogens with one attached hydrogen (secondary N) is 1. The van der Waals surface area contributed by atoms with E-state index >= 15 is 0 Å². The molecule has 164 valence electrons. The van der Waals surface area contributed by atoms with Crippen molar-refractivity contribution >= 4 is 33.4 Å². The average Bonchev–Trinajstić information content (AvgIpc) is 2.78. The van der Waals surface area contributed by atoms with Gasteiger partial charge in [0.1, 0.15) is 5.75 Å². The van der Waals surface area contributed by atoms with Crippen molar-refractivity contribution < 1.29 is 22.7 Å². The van der Waals surface area contributed by atoms with Gasteiger partial charge in [0.2, 0.25) is 15.8 Å². The van der Waals surface area contributed by atoms with Gasteiger partial charge in [0.15, 0.2) is 5.84 Å². The van der Waals surface area contributed by atoms with Gasteiger partial charge in [-0.1, -0.05) is 18.2 Å². The zero-order valence-corrected chi connectivity index (χ0v) is 17.8. The van der Waals surface area contributed by atoms with Crippen molar-refractivity contribution in [2.24, 2.45) is 10.2 Å². The molecule has 0 unspecified atom stereocenters. The second-order valence-electron chi connectivity index (χ2n) is 6.69. The number of carbonyl (C=O) groups excluding carboxylic acids is 1. The second-order valence-corrected chi connectivity index (χ2v) is 8.25. The lowest BCUT2D eigenvalue weighted by molar-refractivity contribution is -0.109. The number of nitrogens with zero attached hydrogens (tertiary/aromatic N) is 2. The third-order valence-corrected chi connectivity index (χ3v) is 5.45. The summed E-state index contributed by atoms with van der Waals surface area (Å²) in [6.45, 7) is 2.05. The average molecular weight is 445 g/mol. The number of nitrogens with two attached hydrogens (primary N) is 1. The topological polar surface area (TPSA) is 123 Å². The number of hydrogen-bond donors (Lipinski definition) is 2. The van der Waals surface area contributed by atoms with Crippen molar-refractivity contribution in [2.45, 2.75) is 4.90 Å². The number of hydrogen-bond acceptors (Lipinski definition) is 7. The monoisotopic (exact) mass is 444 g/mol. The molecule has 10 heteroatoms. The lowest BCUT2D eigenvalue weighted by Crippen LogP contribution is -2.44. The van der Waals surface area contributed by atoms with Gasteiger partial charge in [-0.3, -0.25) is 10.2 Å². The van der Waals surface area contributed by atoms with Crippen molar-refractivity contribution in [1.29, 1.82) is 0 Å². The van der Waals surface area contributed by atoms with Crippen LogP contribution in [0.4, 0.5) is 5.69 Å². The molecule has 2 aromatic rings. The summed E-state index contributed by atoms with van der Waals surface area (Å²) in [6, 6.07) is 13.1. The van der Waals surface area contributed by atoms with E-state index in [2.05, 4.69) is 10.5 Å². The van der Waals surface area contributed by atoms with Crippen molar-refractivity contribution in [3.8, 4) is 5.75 Å². The second kappa shape index (κ2) is 10.2. The van der Waals surface area contributed by atoms with Crippen LogP contribution in [0.2, 0.25) is 0 Å². The van der Waals surface area contributed by atoms with Crippen LogP contribution in [0.3, 0.4) is 0 Å². The number of hydrazone groups is 1. The molecule has 1 heterocycles. The van der Waals surface area contributed by atoms with Crippen LogP contribution in [0.5, 0.6) is 5.75 Å². The van der Waals surface area contributed by atoms with E-state index in [1.54, 1.807) is 13.2 Å². The Balaban J connectivity index is 1.80. The fraction of sp³-hybridized carbons (Fsp3) is 0.238. The van der Waals surface area contributed by atoms with Crippen LogP contribution in [0.1, 0.15) is 5.56 Å². The minimum Gasteiger partial charge on any atom is -0.497 e. The van der Waals surface area contributed by atoms with Crippen LogP contribution >= 0.6 is 0 Å². The molecular weight excluding hydrogens is 420 g/mol. The first-order valence-electron chi connectivity index (χ1n) is 9.52. The largest absolute Gasteiger partial charge is 0.497 e. The van der Waals surface area contributed by atoms with Crippen LogP contribution in [-0.4, -0.2) is 58.3 Å². The van der Waals surface area contributed by atoms with Gasteiger partial charge in [-0.25, -0.2) is 13.6 Å². The first-order chi connectivity index (χ1) is 14.9. The molecule has 0 atom stereocenters. The molecule has 1 aliphatic rings. The molecule has 1 aliphatic heterocycles. The Morgan fingerprint density at radius 1 is 1.19 bits per heavy atom. The van der Waals surface area contributed by atoms with Crippen molar-refractivity contribution in [3.05, 3.63) is 60.2 Å². The standard InChI is InChI=1S/C21H24N4O5S/c1-29-18-4-2-3-16(15-18)5-10-20(26)21(25-11-13-30-14-12-25)24-23-17-6-8-19(9-7-17)31(22,27)28/h2-10,15,23H,11-14H2,1H3,(H2,22,27,28)/b10-5+,24-21-. The minimum atomic E-state index is -3.78. The van der Waals surface area contributed by atoms with E-state index in [-0.39, 0.29) is 16.5 Å². The zero-order chi connectivity index (χ0) is 22.3. The number of primary sulfonamides is 1. The number of amidine groups is 1. The summed E-state index contributed by atoms with van der Waals surface area (Å²) in [7, 11) is -2.20. The molecule has 31 heavy (non-hydrogen) atoms. The Bertz CT molecular complexity index is 1080. The van der Waals surface area contributed by atoms with E-state index in [1.807, 2.05) is 29.2 Å². The molecule has 0 aliphatic carbocycles. The molecule has 3 N–H and O–H groups in total. The smallest absolute Gasteiger partial charge is 0.238 e. The third-order valence-electron chi connectivity index (χ3n) is 4.53. The van der Waals surface area contributed by atoms with Crippen molar-refractivity contribution in [1.82, 2.24) is 4.90 Å². The summed E-state index contributed by atoms with van der Waals surface area (Å²) in [4.78, 5) is 14.7. The normalized spacial score (nSPS) is 15.2. The highest BCUT2D eigenvalue weighted by Gasteiger charge is 2.20. The van der Waals surface area contributed by atoms with Gasteiger partial charge in [-0.15, -0.1) is 0 Å². The van der Waals surface area contributed by atoms with Crippen LogP contribution in [-0.2, 0) is 19.6 Å². The van der Waals surface area contributed by atoms with Gasteiger partial charge in [-0.05, 0) is 48.0 Å². The quantitative estimate of drug-likeness (QED) is 0.288. The summed E-state index contributed by atoms with van der Waals surface area (Å²) in [5, 5.41) is 9.40. The first-order valence-corrected chi connectivity index (χ1v) is 11.1. The molecule has 0 bridgehead atoms. The molecular formula is C21H24N4O5S. The summed E-state index contributed by atoms with van der Waals surface area (Å²) in [5.41, 5.74) is 4.15. The van der Waals surface area contributed by atoms with Crippen LogP contribution in [0.25, 0.3) is 6.08 Å². The Hall–Kier alpha value is -3.21. The van der Waals surface area contributed by atoms with Gasteiger partial charge in [0, 0.05) is 13.1 Å². The van der Waals surface area contributed by atoms with E-state index in [1.165, 1.54) is 30.3 Å². The van der Waals surface area contributed by atoms with Gasteiger partial charge < -0.3 is 14.4 Å². The van der Waals surface area contributed by atoms with Gasteiger partial charge in [0.25, 0.3) is 0 Å². The van der Waals surface area contributed by atoms with Crippen LogP contribution in [0.15, 0.2) is 64.6 Å². The third kappa shape index (κ3) is 6.38. The molecule has 1 fully saturated rings. The molecule has 0 saturated carbocycles. The van der Waals surface area contributed by atoms with Crippen molar-refractivity contribution in [2.75, 3.05) is 38.8 Å². The Labute approximate surface area is 181 Å². The maximum absolute atomic E-state index is 12.9. The number of sulfonamides is 1. The Kier molecular flexibility index (Phi) is 7.40. The highest BCUT2D eigenvalue weighted by molar-refractivity contribution is 7.89. The molecule has 2 aromatic carbocycles. The van der Waals surface area contributed by atoms with Crippen LogP contribution in [0, 0.1) is 0 Å². The molecule has 0 aromatic heterocycles. The number of carbonyl (C=O) groups is 1. The number of benzene rings is 2. The Morgan fingerprint density at radius 3 is 2.55 bits per heavy atom. The van der Waals surface area contributed by atoms with E-state index in [9.17, 15) is 13.2 Å². The van der Waals surface area contributed by atoms with E-state index in [4.69, 9.17) is 14.6 Å². The lowest BCUT2D eigenvalue weighted by Gasteiger charge is -2.28. The van der Waals surface area contributed by atoms with E-state index in [0.29, 0.717) is 37.7 Å². The molecule has 0 spiro atoms. The predicted octanol–water partition coefficient (Wildman–Crippen LogP) is 1.68. The van der Waals surface area contributed by atoms with Gasteiger partial charge >= 0.3 is 0 Å². The summed E-state index contributed by atoms with van der Waals surface area (Å²) < 4.78 is 33.3. The number of rotatable bonds is 7. The molecule has 1 saturated heterocycles. The molecule has 0 radical (unpaired) electrons. The number of ether oxygens (including phenoxy) is 2. The summed E-state index contributed by atoms with van der Waals surface area (Å²) in [6.07, 6.45) is 3.15. The summed E-state index contributed by atoms with van der Waals surface area (Å²) in [5.74, 6) is 0.651. The van der Waals surface area contributed by atoms with Gasteiger partial charge in [-0.2, -0.15) is 5.10 Å². The molecule has 3 rings (SSSR count). The lowest BCUT2D eigenvalue weighted by atomic mass is 10.1. The Morgan fingerprint density at radius 2 is 1.90 bits per heavy atom. The number of anilines is 1. The maximum Gasteiger partial charge on any atom is 0.238 e. The van der Waals surface area contributed by atoms with Gasteiger partial charge in [0.05, 0.1) is 30.9 Å².